The molecule has 0 saturated carbocycles. The number of aryl methyl sites for hydroxylation is 2. The third-order valence-corrected chi connectivity index (χ3v) is 4.90. The number of hydrogen-bond acceptors (Lipinski definition) is 5. The average Bonchev–Trinajstić information content (AvgIpc) is 3.08. The molecule has 0 N–H and O–H groups in total. The van der Waals surface area contributed by atoms with Gasteiger partial charge in [-0.1, -0.05) is 24.4 Å². The van der Waals surface area contributed by atoms with Gasteiger partial charge in [0.2, 0.25) is 0 Å². The maximum absolute atomic E-state index is 12.2. The molecule has 0 unspecified atom stereocenters. The largest absolute Gasteiger partial charge is 0.445 e. The number of aromatic nitrogens is 2. The molecule has 0 aromatic carbocycles. The number of amides is 1. The van der Waals surface area contributed by atoms with E-state index in [1.165, 1.54) is 11.8 Å². The molecule has 0 spiro atoms. The summed E-state index contributed by atoms with van der Waals surface area (Å²) in [6, 6.07) is 0.0702. The van der Waals surface area contributed by atoms with Crippen molar-refractivity contribution < 1.29 is 14.3 Å². The number of thioether (sulfide) groups is 1. The molecule has 7 heteroatoms. The van der Waals surface area contributed by atoms with Gasteiger partial charge in [-0.15, -0.1) is 0 Å². The van der Waals surface area contributed by atoms with E-state index in [2.05, 4.69) is 11.6 Å². The first kappa shape index (κ1) is 17.6. The standard InChI is InChI=1S/C16H23N3O3S/c1-4-9-22-16(21)19-11-14(23-12(2)20)10-13(19)5-6-15-17-7-8-18(15)3/h4,7-8,13-14H,1,5-6,9-11H2,2-3H3/t13-,14+/m1/s1. The molecule has 0 radical (unpaired) electrons. The Morgan fingerprint density at radius 3 is 2.96 bits per heavy atom. The number of rotatable bonds is 6. The van der Waals surface area contributed by atoms with E-state index in [-0.39, 0.29) is 29.1 Å². The fraction of sp³-hybridized carbons (Fsp3) is 0.562. The Kier molecular flexibility index (Phi) is 6.27. The predicted molar refractivity (Wildman–Crippen MR) is 90.2 cm³/mol. The number of hydrogen-bond donors (Lipinski definition) is 0. The van der Waals surface area contributed by atoms with Crippen LogP contribution >= 0.6 is 11.8 Å². The van der Waals surface area contributed by atoms with Gasteiger partial charge in [-0.25, -0.2) is 9.78 Å². The Hall–Kier alpha value is -1.76. The van der Waals surface area contributed by atoms with Crippen molar-refractivity contribution in [1.29, 1.82) is 0 Å². The van der Waals surface area contributed by atoms with Gasteiger partial charge in [0.05, 0.1) is 0 Å². The van der Waals surface area contributed by atoms with Gasteiger partial charge in [0.1, 0.15) is 12.4 Å². The van der Waals surface area contributed by atoms with Gasteiger partial charge in [0, 0.05) is 50.6 Å². The summed E-state index contributed by atoms with van der Waals surface area (Å²) in [7, 11) is 1.96. The maximum atomic E-state index is 12.2. The molecule has 1 aliphatic heterocycles. The number of likely N-dealkylation sites (tertiary alicyclic amines) is 1. The van der Waals surface area contributed by atoms with E-state index < -0.39 is 0 Å². The number of carbonyl (C=O) groups excluding carboxylic acids is 2. The van der Waals surface area contributed by atoms with Crippen LogP contribution in [0.25, 0.3) is 0 Å². The van der Waals surface area contributed by atoms with E-state index in [0.717, 1.165) is 25.1 Å². The summed E-state index contributed by atoms with van der Waals surface area (Å²) in [4.78, 5) is 29.6. The fourth-order valence-electron chi connectivity index (χ4n) is 2.84. The summed E-state index contributed by atoms with van der Waals surface area (Å²) in [5, 5.41) is 0.217. The first-order chi connectivity index (χ1) is 11.0. The van der Waals surface area contributed by atoms with Crippen molar-refractivity contribution in [2.24, 2.45) is 7.05 Å². The molecule has 1 amide bonds. The molecule has 126 valence electrons. The van der Waals surface area contributed by atoms with Crippen LogP contribution in [-0.4, -0.2) is 50.1 Å². The summed E-state index contributed by atoms with van der Waals surface area (Å²) >= 11 is 1.31. The van der Waals surface area contributed by atoms with Crippen molar-refractivity contribution in [2.45, 2.75) is 37.5 Å². The summed E-state index contributed by atoms with van der Waals surface area (Å²) in [5.74, 6) is 0.993. The summed E-state index contributed by atoms with van der Waals surface area (Å²) in [6.45, 7) is 5.87. The van der Waals surface area contributed by atoms with Crippen LogP contribution in [0.4, 0.5) is 4.79 Å². The monoisotopic (exact) mass is 337 g/mol. The molecule has 2 atom stereocenters. The first-order valence-electron chi connectivity index (χ1n) is 7.69. The van der Waals surface area contributed by atoms with E-state index in [4.69, 9.17) is 4.74 Å². The Morgan fingerprint density at radius 2 is 2.35 bits per heavy atom. The molecular formula is C16H23N3O3S. The second-order valence-corrected chi connectivity index (χ2v) is 7.11. The van der Waals surface area contributed by atoms with Crippen molar-refractivity contribution in [3.63, 3.8) is 0 Å². The summed E-state index contributed by atoms with van der Waals surface area (Å²) in [6.07, 6.45) is 7.31. The van der Waals surface area contributed by atoms with E-state index in [1.807, 2.05) is 17.8 Å². The Bertz CT molecular complexity index is 573. The lowest BCUT2D eigenvalue weighted by atomic mass is 10.1. The lowest BCUT2D eigenvalue weighted by Gasteiger charge is -2.23. The molecular weight excluding hydrogens is 314 g/mol. The number of ether oxygens (including phenoxy) is 1. The molecule has 1 aromatic rings. The second-order valence-electron chi connectivity index (χ2n) is 5.63. The van der Waals surface area contributed by atoms with E-state index in [0.29, 0.717) is 6.54 Å². The van der Waals surface area contributed by atoms with Crippen LogP contribution in [0.1, 0.15) is 25.6 Å². The fourth-order valence-corrected chi connectivity index (χ4v) is 3.86. The number of imidazole rings is 1. The molecule has 1 aromatic heterocycles. The molecule has 1 aliphatic rings. The molecule has 6 nitrogen and oxygen atoms in total. The van der Waals surface area contributed by atoms with Crippen molar-refractivity contribution >= 4 is 23.0 Å². The van der Waals surface area contributed by atoms with Crippen molar-refractivity contribution in [3.05, 3.63) is 30.9 Å². The van der Waals surface area contributed by atoms with Crippen LogP contribution in [-0.2, 0) is 23.0 Å². The summed E-state index contributed by atoms with van der Waals surface area (Å²) < 4.78 is 7.16. The van der Waals surface area contributed by atoms with Crippen LogP contribution in [0.2, 0.25) is 0 Å². The zero-order valence-electron chi connectivity index (χ0n) is 13.6. The van der Waals surface area contributed by atoms with Gasteiger partial charge in [0.25, 0.3) is 0 Å². The quantitative estimate of drug-likeness (QED) is 0.746. The highest BCUT2D eigenvalue weighted by atomic mass is 32.2. The topological polar surface area (TPSA) is 64.4 Å². The van der Waals surface area contributed by atoms with Crippen molar-refractivity contribution in [2.75, 3.05) is 13.2 Å². The zero-order valence-corrected chi connectivity index (χ0v) is 14.4. The number of carbonyl (C=O) groups is 2. The molecule has 1 fully saturated rings. The van der Waals surface area contributed by atoms with Crippen LogP contribution in [0.15, 0.2) is 25.0 Å². The average molecular weight is 337 g/mol. The summed E-state index contributed by atoms with van der Waals surface area (Å²) in [5.41, 5.74) is 0. The molecule has 2 heterocycles. The molecule has 2 rings (SSSR count). The Balaban J connectivity index is 1.99. The highest BCUT2D eigenvalue weighted by Gasteiger charge is 2.36. The third kappa shape index (κ3) is 4.86. The molecule has 1 saturated heterocycles. The smallest absolute Gasteiger partial charge is 0.410 e. The molecule has 23 heavy (non-hydrogen) atoms. The second kappa shape index (κ2) is 8.19. The third-order valence-electron chi connectivity index (χ3n) is 3.89. The van der Waals surface area contributed by atoms with Gasteiger partial charge in [-0.2, -0.15) is 0 Å². The predicted octanol–water partition coefficient (Wildman–Crippen LogP) is 2.40. The first-order valence-corrected chi connectivity index (χ1v) is 8.57. The van der Waals surface area contributed by atoms with Gasteiger partial charge < -0.3 is 14.2 Å². The van der Waals surface area contributed by atoms with Gasteiger partial charge in [0.15, 0.2) is 5.12 Å². The number of nitrogens with zero attached hydrogens (tertiary/aromatic N) is 3. The highest BCUT2D eigenvalue weighted by Crippen LogP contribution is 2.30. The SMILES string of the molecule is C=CCOC(=O)N1C[C@@H](SC(C)=O)C[C@H]1CCc1nccn1C. The van der Waals surface area contributed by atoms with E-state index >= 15 is 0 Å². The van der Waals surface area contributed by atoms with Gasteiger partial charge in [-0.3, -0.25) is 4.79 Å². The Labute approximate surface area is 140 Å². The Morgan fingerprint density at radius 1 is 1.57 bits per heavy atom. The maximum Gasteiger partial charge on any atom is 0.410 e. The zero-order chi connectivity index (χ0) is 16.8. The molecule has 0 bridgehead atoms. The van der Waals surface area contributed by atoms with E-state index in [1.54, 1.807) is 24.1 Å². The van der Waals surface area contributed by atoms with Crippen LogP contribution in [0, 0.1) is 0 Å². The van der Waals surface area contributed by atoms with Crippen molar-refractivity contribution in [3.8, 4) is 0 Å². The van der Waals surface area contributed by atoms with E-state index in [9.17, 15) is 9.59 Å². The highest BCUT2D eigenvalue weighted by molar-refractivity contribution is 8.14. The van der Waals surface area contributed by atoms with Crippen LogP contribution in [0.5, 0.6) is 0 Å². The normalized spacial score (nSPS) is 20.5. The lowest BCUT2D eigenvalue weighted by molar-refractivity contribution is -0.109. The molecule has 0 aliphatic carbocycles. The van der Waals surface area contributed by atoms with Crippen LogP contribution < -0.4 is 0 Å². The minimum atomic E-state index is -0.332. The van der Waals surface area contributed by atoms with Gasteiger partial charge in [-0.05, 0) is 12.8 Å². The van der Waals surface area contributed by atoms with Gasteiger partial charge >= 0.3 is 6.09 Å². The minimum Gasteiger partial charge on any atom is -0.445 e. The van der Waals surface area contributed by atoms with Crippen molar-refractivity contribution in [1.82, 2.24) is 14.5 Å². The van der Waals surface area contributed by atoms with Crippen LogP contribution in [0.3, 0.4) is 0 Å². The lowest BCUT2D eigenvalue weighted by Crippen LogP contribution is -2.36. The minimum absolute atomic E-state index is 0.0702.